The van der Waals surface area contributed by atoms with E-state index in [9.17, 15) is 9.90 Å². The third-order valence-corrected chi connectivity index (χ3v) is 2.43. The van der Waals surface area contributed by atoms with Crippen molar-refractivity contribution in [2.24, 2.45) is 0 Å². The number of hydrogen-bond acceptors (Lipinski definition) is 3. The highest BCUT2D eigenvalue weighted by Gasteiger charge is 2.20. The van der Waals surface area contributed by atoms with Gasteiger partial charge >= 0.3 is 0 Å². The summed E-state index contributed by atoms with van der Waals surface area (Å²) in [5, 5.41) is 13.8. The molecule has 0 bridgehead atoms. The lowest BCUT2D eigenvalue weighted by Crippen LogP contribution is -2.42. The quantitative estimate of drug-likeness (QED) is 0.802. The molecule has 5 nitrogen and oxygen atoms in total. The van der Waals surface area contributed by atoms with Gasteiger partial charge in [0, 0.05) is 38.4 Å². The maximum Gasteiger partial charge on any atom is 0.224 e. The molecule has 0 unspecified atom stereocenters. The fourth-order valence-electron chi connectivity index (χ4n) is 1.64. The van der Waals surface area contributed by atoms with Crippen LogP contribution in [0.25, 0.3) is 0 Å². The van der Waals surface area contributed by atoms with E-state index in [4.69, 9.17) is 0 Å². The number of likely N-dealkylation sites (N-methyl/N-ethyl adjacent to an activating group) is 1. The topological polar surface area (TPSA) is 58.4 Å². The molecule has 0 saturated heterocycles. The highest BCUT2D eigenvalue weighted by Crippen LogP contribution is 2.06. The average Bonchev–Trinajstić information content (AvgIpc) is 2.74. The Labute approximate surface area is 102 Å². The van der Waals surface area contributed by atoms with E-state index in [2.05, 4.69) is 5.10 Å². The fourth-order valence-corrected chi connectivity index (χ4v) is 1.64. The first kappa shape index (κ1) is 13.7. The molecule has 0 aliphatic carbocycles. The van der Waals surface area contributed by atoms with Crippen molar-refractivity contribution < 1.29 is 9.90 Å². The van der Waals surface area contributed by atoms with Gasteiger partial charge in [-0.15, -0.1) is 0 Å². The highest BCUT2D eigenvalue weighted by atomic mass is 16.3. The van der Waals surface area contributed by atoms with E-state index < -0.39 is 5.60 Å². The van der Waals surface area contributed by atoms with E-state index in [0.29, 0.717) is 26.1 Å². The van der Waals surface area contributed by atoms with E-state index in [1.54, 1.807) is 29.6 Å². The zero-order valence-corrected chi connectivity index (χ0v) is 10.8. The molecule has 17 heavy (non-hydrogen) atoms. The maximum absolute atomic E-state index is 11.9. The van der Waals surface area contributed by atoms with E-state index in [0.717, 1.165) is 0 Å². The van der Waals surface area contributed by atoms with Crippen LogP contribution >= 0.6 is 0 Å². The first-order valence-corrected chi connectivity index (χ1v) is 5.90. The van der Waals surface area contributed by atoms with Gasteiger partial charge in [0.1, 0.15) is 0 Å². The van der Waals surface area contributed by atoms with Crippen molar-refractivity contribution in [3.63, 3.8) is 0 Å². The van der Waals surface area contributed by atoms with E-state index in [-0.39, 0.29) is 5.91 Å². The smallest absolute Gasteiger partial charge is 0.224 e. The van der Waals surface area contributed by atoms with Gasteiger partial charge < -0.3 is 10.0 Å². The number of aliphatic hydroxyl groups is 1. The van der Waals surface area contributed by atoms with Crippen LogP contribution in [-0.4, -0.2) is 44.4 Å². The molecule has 1 rings (SSSR count). The molecule has 1 N–H and O–H groups in total. The van der Waals surface area contributed by atoms with Crippen LogP contribution in [0.5, 0.6) is 0 Å². The molecule has 1 aromatic heterocycles. The third-order valence-electron chi connectivity index (χ3n) is 2.43. The Hall–Kier alpha value is -1.36. The number of carbonyl (C=O) groups is 1. The van der Waals surface area contributed by atoms with Crippen LogP contribution in [0.15, 0.2) is 18.5 Å². The summed E-state index contributed by atoms with van der Waals surface area (Å²) in [4.78, 5) is 13.6. The Bertz CT molecular complexity index is 341. The number of aromatic nitrogens is 2. The highest BCUT2D eigenvalue weighted by molar-refractivity contribution is 5.76. The molecule has 0 spiro atoms. The molecule has 0 aromatic carbocycles. The molecule has 1 aromatic rings. The second-order valence-electron chi connectivity index (χ2n) is 4.74. The Kier molecular flexibility index (Phi) is 4.69. The fraction of sp³-hybridized carbons (Fsp3) is 0.667. The van der Waals surface area contributed by atoms with Gasteiger partial charge in [0.2, 0.25) is 5.91 Å². The predicted molar refractivity (Wildman–Crippen MR) is 65.4 cm³/mol. The SMILES string of the molecule is CCN(CC(C)(C)O)C(=O)CCn1cccn1. The molecule has 0 saturated carbocycles. The van der Waals surface area contributed by atoms with Crippen LogP contribution in [0.2, 0.25) is 0 Å². The molecule has 1 heterocycles. The van der Waals surface area contributed by atoms with Crippen molar-refractivity contribution >= 4 is 5.91 Å². The van der Waals surface area contributed by atoms with Crippen LogP contribution in [-0.2, 0) is 11.3 Å². The Morgan fingerprint density at radius 3 is 2.71 bits per heavy atom. The van der Waals surface area contributed by atoms with Gasteiger partial charge in [-0.1, -0.05) is 0 Å². The lowest BCUT2D eigenvalue weighted by Gasteiger charge is -2.28. The van der Waals surface area contributed by atoms with Crippen molar-refractivity contribution in [1.82, 2.24) is 14.7 Å². The molecule has 0 radical (unpaired) electrons. The van der Waals surface area contributed by atoms with Crippen molar-refractivity contribution in [2.45, 2.75) is 39.3 Å². The number of rotatable bonds is 6. The second kappa shape index (κ2) is 5.82. The third kappa shape index (κ3) is 4.99. The molecule has 0 aliphatic rings. The summed E-state index contributed by atoms with van der Waals surface area (Å²) in [6.07, 6.45) is 3.93. The molecule has 5 heteroatoms. The van der Waals surface area contributed by atoms with Gasteiger partial charge in [0.15, 0.2) is 0 Å². The van der Waals surface area contributed by atoms with Gasteiger partial charge in [0.05, 0.1) is 5.60 Å². The minimum atomic E-state index is -0.850. The zero-order chi connectivity index (χ0) is 12.9. The largest absolute Gasteiger partial charge is 0.389 e. The van der Waals surface area contributed by atoms with Crippen molar-refractivity contribution in [1.29, 1.82) is 0 Å². The van der Waals surface area contributed by atoms with Gasteiger partial charge in [0.25, 0.3) is 0 Å². The molecular weight excluding hydrogens is 218 g/mol. The van der Waals surface area contributed by atoms with Crippen LogP contribution in [0.1, 0.15) is 27.2 Å². The number of amides is 1. The van der Waals surface area contributed by atoms with Gasteiger partial charge in [-0.25, -0.2) is 0 Å². The average molecular weight is 239 g/mol. The summed E-state index contributed by atoms with van der Waals surface area (Å²) in [7, 11) is 0. The monoisotopic (exact) mass is 239 g/mol. The second-order valence-corrected chi connectivity index (χ2v) is 4.74. The van der Waals surface area contributed by atoms with Crippen LogP contribution in [0, 0.1) is 0 Å². The number of aryl methyl sites for hydroxylation is 1. The summed E-state index contributed by atoms with van der Waals surface area (Å²) in [6, 6.07) is 1.83. The summed E-state index contributed by atoms with van der Waals surface area (Å²) in [6.45, 7) is 6.88. The summed E-state index contributed by atoms with van der Waals surface area (Å²) in [5.74, 6) is 0.0464. The summed E-state index contributed by atoms with van der Waals surface area (Å²) >= 11 is 0. The van der Waals surface area contributed by atoms with E-state index in [1.165, 1.54) is 0 Å². The van der Waals surface area contributed by atoms with Gasteiger partial charge in [-0.05, 0) is 26.8 Å². The molecular formula is C12H21N3O2. The number of hydrogen-bond donors (Lipinski definition) is 1. The minimum Gasteiger partial charge on any atom is -0.389 e. The molecule has 1 amide bonds. The summed E-state index contributed by atoms with van der Waals surface area (Å²) in [5.41, 5.74) is -0.850. The molecule has 0 fully saturated rings. The number of carbonyl (C=O) groups excluding carboxylic acids is 1. The lowest BCUT2D eigenvalue weighted by atomic mass is 10.1. The number of nitrogens with zero attached hydrogens (tertiary/aromatic N) is 3. The van der Waals surface area contributed by atoms with Gasteiger partial charge in [-0.2, -0.15) is 5.10 Å². The lowest BCUT2D eigenvalue weighted by molar-refractivity contribution is -0.134. The van der Waals surface area contributed by atoms with E-state index >= 15 is 0 Å². The minimum absolute atomic E-state index is 0.0464. The Morgan fingerprint density at radius 2 is 2.24 bits per heavy atom. The van der Waals surface area contributed by atoms with Crippen molar-refractivity contribution in [3.05, 3.63) is 18.5 Å². The molecule has 96 valence electrons. The first-order valence-electron chi connectivity index (χ1n) is 5.90. The van der Waals surface area contributed by atoms with Crippen LogP contribution in [0.3, 0.4) is 0 Å². The van der Waals surface area contributed by atoms with Crippen LogP contribution in [0.4, 0.5) is 0 Å². The zero-order valence-electron chi connectivity index (χ0n) is 10.8. The first-order chi connectivity index (χ1) is 7.92. The Balaban J connectivity index is 2.44. The van der Waals surface area contributed by atoms with Crippen LogP contribution < -0.4 is 0 Å². The Morgan fingerprint density at radius 1 is 1.53 bits per heavy atom. The van der Waals surface area contributed by atoms with Gasteiger partial charge in [-0.3, -0.25) is 9.48 Å². The summed E-state index contributed by atoms with van der Waals surface area (Å²) < 4.78 is 1.73. The predicted octanol–water partition coefficient (Wildman–Crippen LogP) is 0.893. The molecule has 0 atom stereocenters. The maximum atomic E-state index is 11.9. The van der Waals surface area contributed by atoms with E-state index in [1.807, 2.05) is 19.2 Å². The normalized spacial score (nSPS) is 11.5. The standard InChI is InChI=1S/C12H21N3O2/c1-4-14(10-12(2,3)17)11(16)6-9-15-8-5-7-13-15/h5,7-8,17H,4,6,9-10H2,1-3H3. The van der Waals surface area contributed by atoms with Crippen molar-refractivity contribution in [3.8, 4) is 0 Å². The molecule has 0 aliphatic heterocycles. The van der Waals surface area contributed by atoms with Crippen molar-refractivity contribution in [2.75, 3.05) is 13.1 Å².